The van der Waals surface area contributed by atoms with E-state index in [0.717, 1.165) is 17.7 Å². The molecule has 0 saturated carbocycles. The van der Waals surface area contributed by atoms with Crippen LogP contribution in [-0.4, -0.2) is 26.0 Å². The van der Waals surface area contributed by atoms with Crippen molar-refractivity contribution in [3.63, 3.8) is 0 Å². The molecule has 0 aromatic heterocycles. The minimum atomic E-state index is -0.405. The lowest BCUT2D eigenvalue weighted by Gasteiger charge is -2.14. The highest BCUT2D eigenvalue weighted by atomic mass is 16.5. The molecule has 0 atom stereocenters. The van der Waals surface area contributed by atoms with Crippen LogP contribution in [0.4, 0.5) is 5.69 Å². The predicted molar refractivity (Wildman–Crippen MR) is 66.6 cm³/mol. The lowest BCUT2D eigenvalue weighted by molar-refractivity contribution is -0.134. The second-order valence-electron chi connectivity index (χ2n) is 3.34. The lowest BCUT2D eigenvalue weighted by Crippen LogP contribution is -2.19. The molecule has 0 bridgehead atoms. The van der Waals surface area contributed by atoms with Crippen molar-refractivity contribution in [3.05, 3.63) is 35.9 Å². The molecule has 1 rings (SSSR count). The van der Waals surface area contributed by atoms with Gasteiger partial charge in [-0.25, -0.2) is 4.79 Å². The molecular weight excluding hydrogens is 218 g/mol. The van der Waals surface area contributed by atoms with Gasteiger partial charge >= 0.3 is 5.97 Å². The fraction of sp³-hybridized carbons (Fsp3) is 0.231. The number of hydrogen-bond acceptors (Lipinski definition) is 3. The number of rotatable bonds is 5. The third kappa shape index (κ3) is 3.75. The molecule has 4 heteroatoms. The Morgan fingerprint density at radius 1 is 1.47 bits per heavy atom. The van der Waals surface area contributed by atoms with Crippen LogP contribution in [0.15, 0.2) is 30.3 Å². The van der Waals surface area contributed by atoms with Gasteiger partial charge in [0.25, 0.3) is 0 Å². The maximum atomic E-state index is 10.9. The van der Waals surface area contributed by atoms with Crippen LogP contribution < -0.4 is 4.90 Å². The van der Waals surface area contributed by atoms with E-state index in [1.54, 1.807) is 11.0 Å². The summed E-state index contributed by atoms with van der Waals surface area (Å²) in [5, 5.41) is 0. The van der Waals surface area contributed by atoms with Gasteiger partial charge in [-0.05, 0) is 30.7 Å². The summed E-state index contributed by atoms with van der Waals surface area (Å²) in [5.74, 6) is -0.405. The van der Waals surface area contributed by atoms with Gasteiger partial charge in [0.1, 0.15) is 0 Å². The summed E-state index contributed by atoms with van der Waals surface area (Å²) in [6.07, 6.45) is 3.77. The topological polar surface area (TPSA) is 46.6 Å². The van der Waals surface area contributed by atoms with E-state index in [2.05, 4.69) is 4.74 Å². The van der Waals surface area contributed by atoms with E-state index < -0.39 is 5.97 Å². The number of hydrogen-bond donors (Lipinski definition) is 0. The zero-order chi connectivity index (χ0) is 12.7. The van der Waals surface area contributed by atoms with E-state index >= 15 is 0 Å². The second kappa shape index (κ2) is 6.48. The quantitative estimate of drug-likeness (QED) is 0.443. The molecule has 17 heavy (non-hydrogen) atoms. The van der Waals surface area contributed by atoms with Crippen LogP contribution in [0, 0.1) is 0 Å². The highest BCUT2D eigenvalue weighted by molar-refractivity contribution is 5.87. The van der Waals surface area contributed by atoms with Crippen LogP contribution in [0.25, 0.3) is 6.08 Å². The number of esters is 1. The fourth-order valence-electron chi connectivity index (χ4n) is 1.36. The average Bonchev–Trinajstić information content (AvgIpc) is 2.38. The first-order valence-electron chi connectivity index (χ1n) is 5.29. The molecule has 4 nitrogen and oxygen atoms in total. The average molecular weight is 233 g/mol. The van der Waals surface area contributed by atoms with Crippen molar-refractivity contribution in [3.8, 4) is 0 Å². The molecular formula is C13H15NO3. The lowest BCUT2D eigenvalue weighted by atomic mass is 10.2. The molecule has 1 aromatic rings. The molecule has 0 aliphatic carbocycles. The van der Waals surface area contributed by atoms with Gasteiger partial charge in [-0.2, -0.15) is 0 Å². The summed E-state index contributed by atoms with van der Waals surface area (Å²) < 4.78 is 4.50. The first-order chi connectivity index (χ1) is 8.21. The van der Waals surface area contributed by atoms with E-state index in [1.165, 1.54) is 13.2 Å². The molecule has 0 unspecified atom stereocenters. The number of nitrogens with zero attached hydrogens (tertiary/aromatic N) is 1. The maximum Gasteiger partial charge on any atom is 0.330 e. The van der Waals surface area contributed by atoms with Crippen molar-refractivity contribution in [2.75, 3.05) is 18.6 Å². The molecule has 1 amide bonds. The molecule has 90 valence electrons. The summed E-state index contributed by atoms with van der Waals surface area (Å²) in [6.45, 7) is 2.50. The molecule has 0 radical (unpaired) electrons. The number of benzene rings is 1. The van der Waals surface area contributed by atoms with Crippen LogP contribution in [0.1, 0.15) is 12.5 Å². The zero-order valence-corrected chi connectivity index (χ0v) is 9.92. The van der Waals surface area contributed by atoms with Gasteiger partial charge in [-0.3, -0.25) is 4.79 Å². The Labute approximate surface area is 100 Å². The van der Waals surface area contributed by atoms with Gasteiger partial charge in [0.15, 0.2) is 0 Å². The van der Waals surface area contributed by atoms with Crippen molar-refractivity contribution in [2.45, 2.75) is 6.92 Å². The third-order valence-electron chi connectivity index (χ3n) is 2.28. The number of carbonyl (C=O) groups excluding carboxylic acids is 2. The first-order valence-corrected chi connectivity index (χ1v) is 5.29. The second-order valence-corrected chi connectivity index (χ2v) is 3.34. The molecule has 0 saturated heterocycles. The van der Waals surface area contributed by atoms with E-state index in [-0.39, 0.29) is 0 Å². The molecule has 0 aliphatic rings. The SMILES string of the molecule is CCN(C=O)c1cccc(/C=C/C(=O)OC)c1. The molecule has 0 spiro atoms. The summed E-state index contributed by atoms with van der Waals surface area (Å²) in [4.78, 5) is 23.3. The van der Waals surface area contributed by atoms with Crippen molar-refractivity contribution < 1.29 is 14.3 Å². The van der Waals surface area contributed by atoms with Crippen molar-refractivity contribution >= 4 is 24.1 Å². The first kappa shape index (κ1) is 13.0. The number of methoxy groups -OCH3 is 1. The van der Waals surface area contributed by atoms with Crippen LogP contribution in [0.2, 0.25) is 0 Å². The van der Waals surface area contributed by atoms with Crippen molar-refractivity contribution in [1.29, 1.82) is 0 Å². The normalized spacial score (nSPS) is 10.2. The van der Waals surface area contributed by atoms with Crippen LogP contribution in [0.3, 0.4) is 0 Å². The Morgan fingerprint density at radius 2 is 2.24 bits per heavy atom. The molecule has 0 fully saturated rings. The Hall–Kier alpha value is -2.10. The molecule has 1 aromatic carbocycles. The summed E-state index contributed by atoms with van der Waals surface area (Å²) in [6, 6.07) is 7.35. The van der Waals surface area contributed by atoms with Gasteiger partial charge < -0.3 is 9.64 Å². The molecule has 0 heterocycles. The van der Waals surface area contributed by atoms with Crippen molar-refractivity contribution in [1.82, 2.24) is 0 Å². The van der Waals surface area contributed by atoms with Crippen molar-refractivity contribution in [2.24, 2.45) is 0 Å². The van der Waals surface area contributed by atoms with Gasteiger partial charge in [0.2, 0.25) is 6.41 Å². The van der Waals surface area contributed by atoms with Crippen LogP contribution >= 0.6 is 0 Å². The minimum absolute atomic E-state index is 0.405. The Kier molecular flexibility index (Phi) is 4.94. The van der Waals surface area contributed by atoms with Gasteiger partial charge in [0.05, 0.1) is 7.11 Å². The predicted octanol–water partition coefficient (Wildman–Crippen LogP) is 1.86. The minimum Gasteiger partial charge on any atom is -0.466 e. The third-order valence-corrected chi connectivity index (χ3v) is 2.28. The fourth-order valence-corrected chi connectivity index (χ4v) is 1.36. The zero-order valence-electron chi connectivity index (χ0n) is 9.92. The highest BCUT2D eigenvalue weighted by Crippen LogP contribution is 2.15. The molecule has 0 N–H and O–H groups in total. The van der Waals surface area contributed by atoms with E-state index in [4.69, 9.17) is 0 Å². The summed E-state index contributed by atoms with van der Waals surface area (Å²) in [7, 11) is 1.33. The van der Waals surface area contributed by atoms with Gasteiger partial charge in [0, 0.05) is 18.3 Å². The Balaban J connectivity index is 2.89. The largest absolute Gasteiger partial charge is 0.466 e. The number of ether oxygens (including phenoxy) is 1. The van der Waals surface area contributed by atoms with E-state index in [9.17, 15) is 9.59 Å². The van der Waals surface area contributed by atoms with E-state index in [1.807, 2.05) is 31.2 Å². The summed E-state index contributed by atoms with van der Waals surface area (Å²) in [5.41, 5.74) is 1.64. The maximum absolute atomic E-state index is 10.9. The highest BCUT2D eigenvalue weighted by Gasteiger charge is 2.02. The Bertz CT molecular complexity index is 426. The van der Waals surface area contributed by atoms with Gasteiger partial charge in [-0.15, -0.1) is 0 Å². The van der Waals surface area contributed by atoms with E-state index in [0.29, 0.717) is 6.54 Å². The van der Waals surface area contributed by atoms with Crippen LogP contribution in [-0.2, 0) is 14.3 Å². The number of anilines is 1. The Morgan fingerprint density at radius 3 is 2.82 bits per heavy atom. The molecule has 0 aliphatic heterocycles. The standard InChI is InChI=1S/C13H15NO3/c1-3-14(10-15)12-6-4-5-11(9-12)7-8-13(16)17-2/h4-10H,3H2,1-2H3/b8-7+. The number of carbonyl (C=O) groups is 2. The summed E-state index contributed by atoms with van der Waals surface area (Å²) >= 11 is 0. The van der Waals surface area contributed by atoms with Gasteiger partial charge in [-0.1, -0.05) is 12.1 Å². The van der Waals surface area contributed by atoms with Crippen LogP contribution in [0.5, 0.6) is 0 Å². The smallest absolute Gasteiger partial charge is 0.330 e. The number of amides is 1. The monoisotopic (exact) mass is 233 g/mol.